The van der Waals surface area contributed by atoms with Gasteiger partial charge in [0.15, 0.2) is 21.2 Å². The van der Waals surface area contributed by atoms with Crippen molar-refractivity contribution < 1.29 is 23.8 Å². The van der Waals surface area contributed by atoms with E-state index in [0.29, 0.717) is 14.7 Å². The number of ether oxygens (including phenoxy) is 1. The highest BCUT2D eigenvalue weighted by atomic mass is 127. The lowest BCUT2D eigenvalue weighted by atomic mass is 9.64. The van der Waals surface area contributed by atoms with Gasteiger partial charge < -0.3 is 9.84 Å². The number of carbonyl (C=O) groups excluding carboxylic acids is 2. The van der Waals surface area contributed by atoms with Crippen molar-refractivity contribution in [1.29, 1.82) is 0 Å². The van der Waals surface area contributed by atoms with E-state index in [9.17, 15) is 28.7 Å². The minimum Gasteiger partial charge on any atom is -0.504 e. The number of aromatic hydroxyl groups is 1. The number of imide groups is 1. The maximum atomic E-state index is 14.3. The molecule has 1 saturated heterocycles. The van der Waals surface area contributed by atoms with E-state index < -0.39 is 50.7 Å². The zero-order valence-corrected chi connectivity index (χ0v) is 24.6. The molecule has 40 heavy (non-hydrogen) atoms. The van der Waals surface area contributed by atoms with Crippen molar-refractivity contribution in [3.63, 3.8) is 0 Å². The Balaban J connectivity index is 1.64. The SMILES string of the molecule is COc1cc([C@H]2C3=CCn4c(=O)n(C)c(=O)n4[C@@H]3C[C@@]3(Cl)C(=O)N(c4ccc(F)cc4)C(=O)[C@@]23Cl)cc(I)c1O. The molecule has 14 heteroatoms. The second-order valence-corrected chi connectivity index (χ2v) is 12.3. The predicted molar refractivity (Wildman–Crippen MR) is 152 cm³/mol. The quantitative estimate of drug-likeness (QED) is 0.195. The molecule has 0 bridgehead atoms. The number of carbonyl (C=O) groups is 2. The summed E-state index contributed by atoms with van der Waals surface area (Å²) in [7, 11) is 2.71. The number of halogens is 4. The third kappa shape index (κ3) is 3.32. The molecule has 2 amide bonds. The van der Waals surface area contributed by atoms with Crippen molar-refractivity contribution in [2.24, 2.45) is 7.05 Å². The molecular formula is C26H20Cl2FIN4O6. The van der Waals surface area contributed by atoms with Crippen LogP contribution in [0.25, 0.3) is 0 Å². The van der Waals surface area contributed by atoms with Gasteiger partial charge in [-0.2, -0.15) is 0 Å². The summed E-state index contributed by atoms with van der Waals surface area (Å²) in [6, 6.07) is 6.95. The van der Waals surface area contributed by atoms with Gasteiger partial charge in [-0.3, -0.25) is 9.59 Å². The molecule has 3 aromatic rings. The number of amides is 2. The Hall–Kier alpha value is -3.10. The van der Waals surface area contributed by atoms with Gasteiger partial charge in [0, 0.05) is 19.4 Å². The number of phenols is 1. The van der Waals surface area contributed by atoms with Crippen LogP contribution in [0.1, 0.15) is 23.9 Å². The highest BCUT2D eigenvalue weighted by Gasteiger charge is 2.75. The fraction of sp³-hybridized carbons (Fsp3) is 0.308. The molecule has 0 radical (unpaired) electrons. The molecule has 6 rings (SSSR count). The molecule has 2 fully saturated rings. The lowest BCUT2D eigenvalue weighted by Crippen LogP contribution is -2.59. The van der Waals surface area contributed by atoms with Crippen molar-refractivity contribution in [1.82, 2.24) is 13.9 Å². The van der Waals surface area contributed by atoms with E-state index in [4.69, 9.17) is 27.9 Å². The molecule has 1 saturated carbocycles. The number of rotatable bonds is 3. The third-order valence-corrected chi connectivity index (χ3v) is 10.2. The summed E-state index contributed by atoms with van der Waals surface area (Å²) < 4.78 is 22.9. The Morgan fingerprint density at radius 3 is 2.40 bits per heavy atom. The molecule has 3 aliphatic rings. The summed E-state index contributed by atoms with van der Waals surface area (Å²) >= 11 is 16.4. The van der Waals surface area contributed by atoms with Gasteiger partial charge in [0.25, 0.3) is 11.8 Å². The zero-order chi connectivity index (χ0) is 28.9. The number of allylic oxidation sites excluding steroid dienone is 2. The molecule has 0 unspecified atom stereocenters. The van der Waals surface area contributed by atoms with Crippen LogP contribution in [0.2, 0.25) is 0 Å². The summed E-state index contributed by atoms with van der Waals surface area (Å²) in [5, 5.41) is 10.5. The van der Waals surface area contributed by atoms with Crippen molar-refractivity contribution in [3.05, 3.63) is 84.0 Å². The second kappa shape index (κ2) is 8.95. The molecule has 0 spiro atoms. The van der Waals surface area contributed by atoms with Gasteiger partial charge in [0.2, 0.25) is 0 Å². The minimum atomic E-state index is -2.10. The largest absolute Gasteiger partial charge is 0.504 e. The van der Waals surface area contributed by atoms with Gasteiger partial charge >= 0.3 is 11.4 Å². The first-order valence-electron chi connectivity index (χ1n) is 12.0. The number of alkyl halides is 2. The Morgan fingerprint density at radius 1 is 1.07 bits per heavy atom. The van der Waals surface area contributed by atoms with Crippen LogP contribution in [-0.4, -0.2) is 47.7 Å². The Labute approximate surface area is 249 Å². The molecular weight excluding hydrogens is 681 g/mol. The molecule has 10 nitrogen and oxygen atoms in total. The van der Waals surface area contributed by atoms with E-state index in [1.165, 1.54) is 41.7 Å². The van der Waals surface area contributed by atoms with Crippen LogP contribution in [0.3, 0.4) is 0 Å². The first kappa shape index (κ1) is 27.1. The Morgan fingerprint density at radius 2 is 1.75 bits per heavy atom. The first-order chi connectivity index (χ1) is 18.9. The van der Waals surface area contributed by atoms with Crippen LogP contribution in [0.15, 0.2) is 57.6 Å². The van der Waals surface area contributed by atoms with Gasteiger partial charge in [-0.25, -0.2) is 32.8 Å². The number of nitrogens with zero attached hydrogens (tertiary/aromatic N) is 4. The molecule has 1 N–H and O–H groups in total. The summed E-state index contributed by atoms with van der Waals surface area (Å²) in [6.45, 7) is 0.00955. The summed E-state index contributed by atoms with van der Waals surface area (Å²) in [4.78, 5) is 51.0. The van der Waals surface area contributed by atoms with Gasteiger partial charge in [0.1, 0.15) is 5.82 Å². The number of benzene rings is 2. The maximum absolute atomic E-state index is 14.3. The lowest BCUT2D eigenvalue weighted by molar-refractivity contribution is -0.122. The van der Waals surface area contributed by atoms with Gasteiger partial charge in [0.05, 0.1) is 29.0 Å². The number of methoxy groups -OCH3 is 1. The predicted octanol–water partition coefficient (Wildman–Crippen LogP) is 3.00. The zero-order valence-electron chi connectivity index (χ0n) is 20.9. The molecule has 2 aliphatic heterocycles. The topological polar surface area (TPSA) is 116 Å². The van der Waals surface area contributed by atoms with Gasteiger partial charge in [-0.05, 0) is 70.1 Å². The Bertz CT molecular complexity index is 1780. The molecule has 3 heterocycles. The minimum absolute atomic E-state index is 0.00955. The van der Waals surface area contributed by atoms with E-state index in [1.54, 1.807) is 12.1 Å². The van der Waals surface area contributed by atoms with E-state index in [2.05, 4.69) is 0 Å². The number of hydrogen-bond acceptors (Lipinski definition) is 6. The van der Waals surface area contributed by atoms with Crippen LogP contribution in [0.5, 0.6) is 11.5 Å². The number of fused-ring (bicyclic) bond motifs is 4. The molecule has 2 aromatic carbocycles. The van der Waals surface area contributed by atoms with Crippen molar-refractivity contribution in [2.75, 3.05) is 12.0 Å². The standard InChI is InChI=1S/C26H20Cl2FIN4O6/c1-31-23(38)32-8-7-15-17(34(32)24(31)39)11-25(27)21(36)33(14-5-3-13(29)4-6-14)22(37)26(25,28)19(15)12-9-16(30)20(35)18(10-12)40-2/h3-7,9-10,17,19,35H,8,11H2,1-2H3/t17-,19+,25-,26+/m1/s1. The molecule has 208 valence electrons. The average molecular weight is 701 g/mol. The Kier molecular flexibility index (Phi) is 6.06. The highest BCUT2D eigenvalue weighted by molar-refractivity contribution is 14.1. The normalized spacial score (nSPS) is 27.2. The van der Waals surface area contributed by atoms with E-state index in [1.807, 2.05) is 22.6 Å². The maximum Gasteiger partial charge on any atom is 0.347 e. The van der Waals surface area contributed by atoms with Crippen LogP contribution < -0.4 is 21.0 Å². The van der Waals surface area contributed by atoms with Crippen LogP contribution >= 0.6 is 45.8 Å². The summed E-state index contributed by atoms with van der Waals surface area (Å²) in [5.41, 5.74) is -0.188. The molecule has 1 aliphatic carbocycles. The van der Waals surface area contributed by atoms with Crippen molar-refractivity contribution in [2.45, 2.75) is 34.7 Å². The number of aromatic nitrogens is 3. The number of phenolic OH excluding ortho intramolecular Hbond substituents is 1. The monoisotopic (exact) mass is 700 g/mol. The fourth-order valence-electron chi connectivity index (χ4n) is 6.06. The van der Waals surface area contributed by atoms with Gasteiger partial charge in [-0.15, -0.1) is 23.2 Å². The van der Waals surface area contributed by atoms with Crippen LogP contribution in [0, 0.1) is 9.39 Å². The summed E-state index contributed by atoms with van der Waals surface area (Å²) in [6.07, 6.45) is 1.43. The van der Waals surface area contributed by atoms with Crippen molar-refractivity contribution in [3.8, 4) is 11.5 Å². The molecule has 1 aromatic heterocycles. The smallest absolute Gasteiger partial charge is 0.347 e. The number of hydrogen-bond donors (Lipinski definition) is 1. The fourth-order valence-corrected chi connectivity index (χ4v) is 7.60. The summed E-state index contributed by atoms with van der Waals surface area (Å²) in [5.74, 6) is -3.35. The number of anilines is 1. The van der Waals surface area contributed by atoms with Crippen molar-refractivity contribution >= 4 is 63.3 Å². The lowest BCUT2D eigenvalue weighted by Gasteiger charge is -2.49. The van der Waals surface area contributed by atoms with E-state index in [0.717, 1.165) is 21.6 Å². The van der Waals surface area contributed by atoms with E-state index >= 15 is 0 Å². The third-order valence-electron chi connectivity index (χ3n) is 7.96. The molecule has 4 atom stereocenters. The van der Waals surface area contributed by atoms with Gasteiger partial charge in [-0.1, -0.05) is 6.08 Å². The second-order valence-electron chi connectivity index (χ2n) is 9.90. The van der Waals surface area contributed by atoms with Crippen LogP contribution in [0.4, 0.5) is 10.1 Å². The van der Waals surface area contributed by atoms with Crippen LogP contribution in [-0.2, 0) is 23.2 Å². The van der Waals surface area contributed by atoms with E-state index in [-0.39, 0.29) is 30.2 Å². The highest BCUT2D eigenvalue weighted by Crippen LogP contribution is 2.64. The first-order valence-corrected chi connectivity index (χ1v) is 13.9. The average Bonchev–Trinajstić information content (AvgIpc) is 3.24.